The van der Waals surface area contributed by atoms with E-state index in [0.29, 0.717) is 11.6 Å². The first-order valence-corrected chi connectivity index (χ1v) is 8.36. The van der Waals surface area contributed by atoms with Crippen LogP contribution in [0.3, 0.4) is 0 Å². The summed E-state index contributed by atoms with van der Waals surface area (Å²) in [6.07, 6.45) is 5.53. The van der Waals surface area contributed by atoms with Gasteiger partial charge in [-0.15, -0.1) is 0 Å². The number of piperidine rings is 1. The second kappa shape index (κ2) is 6.07. The minimum absolute atomic E-state index is 0.00638. The molecule has 0 spiro atoms. The molecule has 3 aromatic heterocycles. The Balaban J connectivity index is 1.54. The highest BCUT2D eigenvalue weighted by Gasteiger charge is 2.23. The maximum atomic E-state index is 12.4. The fourth-order valence-corrected chi connectivity index (χ4v) is 3.42. The Bertz CT molecular complexity index is 909. The van der Waals surface area contributed by atoms with Crippen LogP contribution in [0, 0.1) is 6.92 Å². The fourth-order valence-electron chi connectivity index (χ4n) is 3.42. The molecule has 0 saturated carbocycles. The molecule has 0 atom stereocenters. The fraction of sp³-hybridized carbons (Fsp3) is 0.316. The van der Waals surface area contributed by atoms with E-state index in [9.17, 15) is 4.79 Å². The van der Waals surface area contributed by atoms with Gasteiger partial charge in [0.1, 0.15) is 11.5 Å². The topological polar surface area (TPSA) is 61.9 Å². The number of nitrogens with zero attached hydrogens (tertiary/aromatic N) is 3. The number of rotatable bonds is 2. The third-order valence-corrected chi connectivity index (χ3v) is 4.80. The first-order chi connectivity index (χ1) is 11.7. The number of aromatic nitrogens is 3. The lowest BCUT2D eigenvalue weighted by Gasteiger charge is -2.32. The Morgan fingerprint density at radius 2 is 2.00 bits per heavy atom. The molecule has 1 saturated heterocycles. The molecule has 1 fully saturated rings. The third kappa shape index (κ3) is 2.77. The maximum Gasteiger partial charge on any atom is 0.253 e. The molecular formula is C19H20N4O. The molecule has 0 unspecified atom stereocenters. The van der Waals surface area contributed by atoms with Crippen LogP contribution in [0.2, 0.25) is 0 Å². The maximum absolute atomic E-state index is 12.4. The van der Waals surface area contributed by atoms with Crippen molar-refractivity contribution in [2.24, 2.45) is 0 Å². The Kier molecular flexibility index (Phi) is 3.76. The highest BCUT2D eigenvalue weighted by Crippen LogP contribution is 2.29. The average Bonchev–Trinajstić information content (AvgIpc) is 2.62. The van der Waals surface area contributed by atoms with Crippen molar-refractivity contribution in [1.29, 1.82) is 0 Å². The zero-order valence-corrected chi connectivity index (χ0v) is 13.7. The molecule has 1 aliphatic rings. The summed E-state index contributed by atoms with van der Waals surface area (Å²) in [6, 6.07) is 10.1. The highest BCUT2D eigenvalue weighted by atomic mass is 16.1. The minimum atomic E-state index is -0.00638. The SMILES string of the molecule is Cc1ccc(N2CCC(c3cc4cccnc4[nH]c3=O)CC2)nc1. The molecule has 1 N–H and O–H groups in total. The molecule has 0 amide bonds. The van der Waals surface area contributed by atoms with Gasteiger partial charge in [-0.3, -0.25) is 4.79 Å². The predicted molar refractivity (Wildman–Crippen MR) is 95.5 cm³/mol. The summed E-state index contributed by atoms with van der Waals surface area (Å²) >= 11 is 0. The van der Waals surface area contributed by atoms with E-state index in [-0.39, 0.29) is 5.56 Å². The van der Waals surface area contributed by atoms with E-state index in [1.807, 2.05) is 31.3 Å². The Labute approximate surface area is 140 Å². The van der Waals surface area contributed by atoms with Gasteiger partial charge in [0.2, 0.25) is 0 Å². The van der Waals surface area contributed by atoms with E-state index in [0.717, 1.165) is 42.7 Å². The van der Waals surface area contributed by atoms with Crippen LogP contribution < -0.4 is 10.5 Å². The van der Waals surface area contributed by atoms with Crippen molar-refractivity contribution in [3.63, 3.8) is 0 Å². The monoisotopic (exact) mass is 320 g/mol. The minimum Gasteiger partial charge on any atom is -0.357 e. The van der Waals surface area contributed by atoms with Gasteiger partial charge in [-0.1, -0.05) is 6.07 Å². The lowest BCUT2D eigenvalue weighted by atomic mass is 9.90. The first-order valence-electron chi connectivity index (χ1n) is 8.36. The Hall–Kier alpha value is -2.69. The van der Waals surface area contributed by atoms with Crippen LogP contribution in [0.4, 0.5) is 5.82 Å². The van der Waals surface area contributed by atoms with Crippen molar-refractivity contribution in [3.05, 3.63) is 64.2 Å². The molecular weight excluding hydrogens is 300 g/mol. The van der Waals surface area contributed by atoms with Crippen LogP contribution >= 0.6 is 0 Å². The summed E-state index contributed by atoms with van der Waals surface area (Å²) in [4.78, 5) is 26.3. The zero-order chi connectivity index (χ0) is 16.5. The summed E-state index contributed by atoms with van der Waals surface area (Å²) in [5, 5.41) is 0.995. The molecule has 0 bridgehead atoms. The van der Waals surface area contributed by atoms with E-state index >= 15 is 0 Å². The van der Waals surface area contributed by atoms with Crippen LogP contribution in [0.25, 0.3) is 11.0 Å². The number of hydrogen-bond donors (Lipinski definition) is 1. The largest absolute Gasteiger partial charge is 0.357 e. The molecule has 0 aliphatic carbocycles. The van der Waals surface area contributed by atoms with E-state index in [4.69, 9.17) is 0 Å². The van der Waals surface area contributed by atoms with Gasteiger partial charge in [0.25, 0.3) is 5.56 Å². The smallest absolute Gasteiger partial charge is 0.253 e. The van der Waals surface area contributed by atoms with E-state index in [2.05, 4.69) is 32.0 Å². The van der Waals surface area contributed by atoms with Crippen molar-refractivity contribution in [3.8, 4) is 0 Å². The first kappa shape index (κ1) is 14.9. The van der Waals surface area contributed by atoms with Gasteiger partial charge in [0, 0.05) is 36.4 Å². The van der Waals surface area contributed by atoms with Gasteiger partial charge in [0.15, 0.2) is 0 Å². The van der Waals surface area contributed by atoms with Gasteiger partial charge >= 0.3 is 0 Å². The van der Waals surface area contributed by atoms with Crippen LogP contribution in [-0.2, 0) is 0 Å². The van der Waals surface area contributed by atoms with Crippen molar-refractivity contribution in [2.75, 3.05) is 18.0 Å². The molecule has 5 nitrogen and oxygen atoms in total. The Morgan fingerprint density at radius 3 is 2.75 bits per heavy atom. The third-order valence-electron chi connectivity index (χ3n) is 4.80. The molecule has 122 valence electrons. The number of hydrogen-bond acceptors (Lipinski definition) is 4. The van der Waals surface area contributed by atoms with Crippen LogP contribution in [0.1, 0.15) is 29.9 Å². The lowest BCUT2D eigenvalue weighted by molar-refractivity contribution is 0.500. The molecule has 4 heterocycles. The molecule has 1 aliphatic heterocycles. The summed E-state index contributed by atoms with van der Waals surface area (Å²) in [5.41, 5.74) is 2.71. The number of pyridine rings is 3. The quantitative estimate of drug-likeness (QED) is 0.788. The normalized spacial score (nSPS) is 15.8. The van der Waals surface area contributed by atoms with Crippen molar-refractivity contribution in [2.45, 2.75) is 25.7 Å². The number of H-pyrrole nitrogens is 1. The molecule has 3 aromatic rings. The van der Waals surface area contributed by atoms with Crippen molar-refractivity contribution >= 4 is 16.9 Å². The number of aromatic amines is 1. The summed E-state index contributed by atoms with van der Waals surface area (Å²) in [6.45, 7) is 3.89. The van der Waals surface area contributed by atoms with E-state index in [1.165, 1.54) is 5.56 Å². The molecule has 0 radical (unpaired) electrons. The predicted octanol–water partition coefficient (Wildman–Crippen LogP) is 3.01. The van der Waals surface area contributed by atoms with Gasteiger partial charge < -0.3 is 9.88 Å². The second-order valence-electron chi connectivity index (χ2n) is 6.45. The number of nitrogens with one attached hydrogen (secondary N) is 1. The number of anilines is 1. The van der Waals surface area contributed by atoms with Crippen molar-refractivity contribution in [1.82, 2.24) is 15.0 Å². The Morgan fingerprint density at radius 1 is 1.17 bits per heavy atom. The van der Waals surface area contributed by atoms with Gasteiger partial charge in [0.05, 0.1) is 0 Å². The van der Waals surface area contributed by atoms with Crippen LogP contribution in [-0.4, -0.2) is 28.0 Å². The van der Waals surface area contributed by atoms with E-state index < -0.39 is 0 Å². The summed E-state index contributed by atoms with van der Waals surface area (Å²) in [5.74, 6) is 1.32. The standard InChI is InChI=1S/C19H20N4O/c1-13-4-5-17(21-12-13)23-9-6-14(7-10-23)16-11-15-3-2-8-20-18(15)22-19(16)24/h2-5,8,11-12,14H,6-7,9-10H2,1H3,(H,20,22,24). The molecule has 4 rings (SSSR count). The van der Waals surface area contributed by atoms with Gasteiger partial charge in [-0.05, 0) is 55.5 Å². The highest BCUT2D eigenvalue weighted by molar-refractivity contribution is 5.74. The van der Waals surface area contributed by atoms with Gasteiger partial charge in [-0.2, -0.15) is 0 Å². The van der Waals surface area contributed by atoms with Gasteiger partial charge in [-0.25, -0.2) is 9.97 Å². The summed E-state index contributed by atoms with van der Waals surface area (Å²) < 4.78 is 0. The van der Waals surface area contributed by atoms with Crippen molar-refractivity contribution < 1.29 is 0 Å². The molecule has 24 heavy (non-hydrogen) atoms. The summed E-state index contributed by atoms with van der Waals surface area (Å²) in [7, 11) is 0. The zero-order valence-electron chi connectivity index (χ0n) is 13.7. The lowest BCUT2D eigenvalue weighted by Crippen LogP contribution is -2.35. The van der Waals surface area contributed by atoms with Crippen LogP contribution in [0.15, 0.2) is 47.5 Å². The number of fused-ring (bicyclic) bond motifs is 1. The van der Waals surface area contributed by atoms with Crippen LogP contribution in [0.5, 0.6) is 0 Å². The average molecular weight is 320 g/mol. The van der Waals surface area contributed by atoms with E-state index in [1.54, 1.807) is 6.20 Å². The number of aryl methyl sites for hydroxylation is 1. The molecule has 0 aromatic carbocycles. The second-order valence-corrected chi connectivity index (χ2v) is 6.45. The molecule has 5 heteroatoms.